The third kappa shape index (κ3) is 3.14. The molecular formula is C18H13ClN4OS. The number of benzene rings is 2. The Morgan fingerprint density at radius 3 is 2.72 bits per heavy atom. The summed E-state index contributed by atoms with van der Waals surface area (Å²) in [5, 5.41) is 22.4. The molecule has 0 saturated carbocycles. The van der Waals surface area contributed by atoms with Crippen LogP contribution in [0, 0.1) is 6.92 Å². The van der Waals surface area contributed by atoms with E-state index in [-0.39, 0.29) is 5.88 Å². The minimum absolute atomic E-state index is 0.00108. The molecule has 2 N–H and O–H groups in total. The predicted octanol–water partition coefficient (Wildman–Crippen LogP) is 6.37. The average Bonchev–Trinajstić information content (AvgIpc) is 3.17. The van der Waals surface area contributed by atoms with Gasteiger partial charge in [-0.05, 0) is 30.7 Å². The van der Waals surface area contributed by atoms with Gasteiger partial charge in [0.15, 0.2) is 5.69 Å². The monoisotopic (exact) mass is 368 g/mol. The molecule has 0 aliphatic rings. The molecular weight excluding hydrogens is 356 g/mol. The number of azo groups is 1. The van der Waals surface area contributed by atoms with E-state index >= 15 is 0 Å². The molecule has 4 aromatic rings. The van der Waals surface area contributed by atoms with Crippen LogP contribution < -0.4 is 0 Å². The van der Waals surface area contributed by atoms with E-state index in [1.807, 2.05) is 54.8 Å². The molecule has 0 bridgehead atoms. The number of thiazole rings is 1. The summed E-state index contributed by atoms with van der Waals surface area (Å²) in [4.78, 5) is 7.37. The molecule has 0 aliphatic heterocycles. The summed E-state index contributed by atoms with van der Waals surface area (Å²) in [5.74, 6) is -0.00108. The lowest BCUT2D eigenvalue weighted by molar-refractivity contribution is 0.459. The van der Waals surface area contributed by atoms with Crippen molar-refractivity contribution in [3.63, 3.8) is 0 Å². The van der Waals surface area contributed by atoms with Gasteiger partial charge < -0.3 is 10.1 Å². The molecule has 2 heterocycles. The molecule has 0 spiro atoms. The molecule has 0 aliphatic carbocycles. The highest BCUT2D eigenvalue weighted by atomic mass is 35.5. The summed E-state index contributed by atoms with van der Waals surface area (Å²) in [7, 11) is 0. The largest absolute Gasteiger partial charge is 0.493 e. The Balaban J connectivity index is 1.65. The van der Waals surface area contributed by atoms with Crippen LogP contribution in [-0.2, 0) is 0 Å². The van der Waals surface area contributed by atoms with Gasteiger partial charge in [-0.1, -0.05) is 35.9 Å². The molecule has 5 nitrogen and oxygen atoms in total. The maximum atomic E-state index is 10.1. The maximum Gasteiger partial charge on any atom is 0.230 e. The quantitative estimate of drug-likeness (QED) is 0.412. The minimum Gasteiger partial charge on any atom is -0.493 e. The van der Waals surface area contributed by atoms with Crippen molar-refractivity contribution >= 4 is 44.7 Å². The summed E-state index contributed by atoms with van der Waals surface area (Å²) in [6.07, 6.45) is 0. The fourth-order valence-electron chi connectivity index (χ4n) is 2.54. The molecule has 2 aromatic heterocycles. The van der Waals surface area contributed by atoms with Crippen LogP contribution in [-0.4, -0.2) is 15.1 Å². The van der Waals surface area contributed by atoms with Crippen molar-refractivity contribution in [1.82, 2.24) is 9.97 Å². The molecule has 0 unspecified atom stereocenters. The van der Waals surface area contributed by atoms with E-state index in [0.717, 1.165) is 27.7 Å². The lowest BCUT2D eigenvalue weighted by Crippen LogP contribution is -1.75. The van der Waals surface area contributed by atoms with Crippen molar-refractivity contribution in [2.24, 2.45) is 10.2 Å². The number of H-pyrrole nitrogens is 1. The van der Waals surface area contributed by atoms with E-state index in [4.69, 9.17) is 11.6 Å². The molecule has 0 saturated heterocycles. The van der Waals surface area contributed by atoms with Crippen LogP contribution >= 0.6 is 22.9 Å². The summed E-state index contributed by atoms with van der Waals surface area (Å²) in [6, 6.07) is 13.3. The fraction of sp³-hybridized carbons (Fsp3) is 0.0556. The second-order valence-electron chi connectivity index (χ2n) is 5.59. The lowest BCUT2D eigenvalue weighted by Gasteiger charge is -1.95. The molecule has 124 valence electrons. The summed E-state index contributed by atoms with van der Waals surface area (Å²) in [6.45, 7) is 1.99. The van der Waals surface area contributed by atoms with Gasteiger partial charge in [0, 0.05) is 21.4 Å². The molecule has 0 atom stereocenters. The zero-order valence-electron chi connectivity index (χ0n) is 13.2. The zero-order chi connectivity index (χ0) is 17.4. The van der Waals surface area contributed by atoms with Gasteiger partial charge in [-0.25, -0.2) is 4.98 Å². The van der Waals surface area contributed by atoms with Crippen molar-refractivity contribution in [2.75, 3.05) is 0 Å². The molecule has 0 amide bonds. The topological polar surface area (TPSA) is 73.6 Å². The van der Waals surface area contributed by atoms with E-state index in [0.29, 0.717) is 15.8 Å². The normalized spacial score (nSPS) is 11.6. The number of aromatic nitrogens is 2. The molecule has 0 fully saturated rings. The first kappa shape index (κ1) is 15.8. The van der Waals surface area contributed by atoms with E-state index < -0.39 is 0 Å². The van der Waals surface area contributed by atoms with Crippen LogP contribution in [0.3, 0.4) is 0 Å². The highest BCUT2D eigenvalue weighted by Crippen LogP contribution is 2.37. The van der Waals surface area contributed by atoms with Crippen molar-refractivity contribution in [1.29, 1.82) is 0 Å². The Morgan fingerprint density at radius 1 is 1.12 bits per heavy atom. The minimum atomic E-state index is -0.00108. The standard InChI is InChI=1S/C18H13ClN4OS/c1-10-2-7-13-14(8-10)20-17(24)16(13)22-23-18-21-15(9-25-18)11-3-5-12(19)6-4-11/h2-9,20,24H,1H3. The smallest absolute Gasteiger partial charge is 0.230 e. The number of rotatable bonds is 3. The van der Waals surface area contributed by atoms with Gasteiger partial charge in [-0.15, -0.1) is 21.6 Å². The van der Waals surface area contributed by atoms with Crippen molar-refractivity contribution in [2.45, 2.75) is 6.92 Å². The second kappa shape index (κ2) is 6.31. The summed E-state index contributed by atoms with van der Waals surface area (Å²) in [5.41, 5.74) is 4.12. The Labute approximate surface area is 152 Å². The number of aryl methyl sites for hydroxylation is 1. The van der Waals surface area contributed by atoms with E-state index in [1.54, 1.807) is 0 Å². The maximum absolute atomic E-state index is 10.1. The van der Waals surface area contributed by atoms with Gasteiger partial charge >= 0.3 is 0 Å². The third-order valence-corrected chi connectivity index (χ3v) is 4.75. The fourth-order valence-corrected chi connectivity index (χ4v) is 3.31. The van der Waals surface area contributed by atoms with Crippen LogP contribution in [0.15, 0.2) is 58.1 Å². The SMILES string of the molecule is Cc1ccc2c(N=Nc3nc(-c4ccc(Cl)cc4)cs3)c(O)[nH]c2c1. The van der Waals surface area contributed by atoms with Crippen LogP contribution in [0.25, 0.3) is 22.2 Å². The van der Waals surface area contributed by atoms with Gasteiger partial charge in [0.05, 0.1) is 11.2 Å². The van der Waals surface area contributed by atoms with Crippen LogP contribution in [0.5, 0.6) is 5.88 Å². The Morgan fingerprint density at radius 2 is 1.92 bits per heavy atom. The Hall–Kier alpha value is -2.70. The molecule has 2 aromatic carbocycles. The highest BCUT2D eigenvalue weighted by molar-refractivity contribution is 7.13. The number of hydrogen-bond acceptors (Lipinski definition) is 5. The number of nitrogens with zero attached hydrogens (tertiary/aromatic N) is 3. The molecule has 7 heteroatoms. The van der Waals surface area contributed by atoms with E-state index in [2.05, 4.69) is 20.2 Å². The van der Waals surface area contributed by atoms with Crippen molar-refractivity contribution in [3.8, 4) is 17.1 Å². The van der Waals surface area contributed by atoms with Crippen molar-refractivity contribution in [3.05, 3.63) is 58.4 Å². The van der Waals surface area contributed by atoms with Gasteiger partial charge in [-0.2, -0.15) is 0 Å². The lowest BCUT2D eigenvalue weighted by atomic mass is 10.2. The number of aromatic hydroxyl groups is 1. The molecule has 4 rings (SSSR count). The third-order valence-electron chi connectivity index (χ3n) is 3.78. The Kier molecular flexibility index (Phi) is 3.99. The summed E-state index contributed by atoms with van der Waals surface area (Å²) >= 11 is 7.29. The second-order valence-corrected chi connectivity index (χ2v) is 6.87. The number of halogens is 1. The molecule has 25 heavy (non-hydrogen) atoms. The number of aromatic amines is 1. The summed E-state index contributed by atoms with van der Waals surface area (Å²) < 4.78 is 0. The highest BCUT2D eigenvalue weighted by Gasteiger charge is 2.11. The number of nitrogens with one attached hydrogen (secondary N) is 1. The number of fused-ring (bicyclic) bond motifs is 1. The van der Waals surface area contributed by atoms with E-state index in [9.17, 15) is 5.11 Å². The van der Waals surface area contributed by atoms with Crippen LogP contribution in [0.4, 0.5) is 10.8 Å². The van der Waals surface area contributed by atoms with Crippen molar-refractivity contribution < 1.29 is 5.11 Å². The van der Waals surface area contributed by atoms with Crippen LogP contribution in [0.1, 0.15) is 5.56 Å². The average molecular weight is 369 g/mol. The van der Waals surface area contributed by atoms with Gasteiger partial charge in [0.25, 0.3) is 0 Å². The van der Waals surface area contributed by atoms with Gasteiger partial charge in [-0.3, -0.25) is 0 Å². The van der Waals surface area contributed by atoms with Gasteiger partial charge in [0.1, 0.15) is 0 Å². The first-order valence-electron chi connectivity index (χ1n) is 7.54. The van der Waals surface area contributed by atoms with Crippen LogP contribution in [0.2, 0.25) is 5.02 Å². The number of hydrogen-bond donors (Lipinski definition) is 2. The Bertz CT molecular complexity index is 1080. The van der Waals surface area contributed by atoms with E-state index in [1.165, 1.54) is 11.3 Å². The predicted molar refractivity (Wildman–Crippen MR) is 101 cm³/mol. The first-order valence-corrected chi connectivity index (χ1v) is 8.80. The first-order chi connectivity index (χ1) is 12.1. The van der Waals surface area contributed by atoms with Gasteiger partial charge in [0.2, 0.25) is 11.0 Å². The zero-order valence-corrected chi connectivity index (χ0v) is 14.8. The molecule has 0 radical (unpaired) electrons.